The van der Waals surface area contributed by atoms with Crippen LogP contribution in [0.4, 0.5) is 0 Å². The molecule has 0 spiro atoms. The van der Waals surface area contributed by atoms with Gasteiger partial charge in [0.2, 0.25) is 0 Å². The number of carbonyl (C=O) groups excluding carboxylic acids is 1. The molecule has 2 aliphatic rings. The van der Waals surface area contributed by atoms with Crippen LogP contribution in [0.1, 0.15) is 50.7 Å². The minimum absolute atomic E-state index is 0.0858. The molecular formula is C20H24O. The predicted octanol–water partition coefficient (Wildman–Crippen LogP) is 4.99. The van der Waals surface area contributed by atoms with E-state index in [1.54, 1.807) is 0 Å². The van der Waals surface area contributed by atoms with E-state index in [0.717, 1.165) is 6.42 Å². The molecule has 1 saturated carbocycles. The van der Waals surface area contributed by atoms with Crippen LogP contribution in [-0.2, 0) is 4.79 Å². The van der Waals surface area contributed by atoms with E-state index in [-0.39, 0.29) is 11.8 Å². The van der Waals surface area contributed by atoms with Crippen molar-refractivity contribution in [3.8, 4) is 0 Å². The van der Waals surface area contributed by atoms with Crippen molar-refractivity contribution >= 4 is 11.4 Å². The zero-order chi connectivity index (χ0) is 15.0. The van der Waals surface area contributed by atoms with Gasteiger partial charge in [-0.05, 0) is 55.2 Å². The Kier molecular flexibility index (Phi) is 3.84. The number of benzene rings is 1. The Morgan fingerprint density at radius 2 is 1.95 bits per heavy atom. The molecule has 0 saturated heterocycles. The van der Waals surface area contributed by atoms with Crippen LogP contribution in [0.3, 0.4) is 0 Å². The number of fused-ring (bicyclic) bond motifs is 1. The molecule has 1 aromatic carbocycles. The molecule has 4 atom stereocenters. The summed E-state index contributed by atoms with van der Waals surface area (Å²) in [6.45, 7) is 6.44. The van der Waals surface area contributed by atoms with Crippen molar-refractivity contribution in [2.45, 2.75) is 39.5 Å². The maximum Gasteiger partial charge on any atom is 0.147 e. The fraction of sp³-hybridized carbons (Fsp3) is 0.450. The second kappa shape index (κ2) is 5.63. The summed E-state index contributed by atoms with van der Waals surface area (Å²) in [5.74, 6) is 1.68. The first kappa shape index (κ1) is 14.3. The van der Waals surface area contributed by atoms with Crippen LogP contribution in [0.2, 0.25) is 0 Å². The van der Waals surface area contributed by atoms with E-state index in [0.29, 0.717) is 17.6 Å². The van der Waals surface area contributed by atoms with E-state index < -0.39 is 0 Å². The summed E-state index contributed by atoms with van der Waals surface area (Å²) < 4.78 is 0. The molecular weight excluding hydrogens is 256 g/mol. The van der Waals surface area contributed by atoms with E-state index in [9.17, 15) is 4.79 Å². The van der Waals surface area contributed by atoms with Gasteiger partial charge in [0.1, 0.15) is 5.78 Å². The Labute approximate surface area is 127 Å². The molecule has 110 valence electrons. The van der Waals surface area contributed by atoms with E-state index in [4.69, 9.17) is 0 Å². The lowest BCUT2D eigenvalue weighted by molar-refractivity contribution is -0.121. The van der Waals surface area contributed by atoms with Gasteiger partial charge in [-0.25, -0.2) is 0 Å². The van der Waals surface area contributed by atoms with E-state index in [2.05, 4.69) is 63.3 Å². The first-order valence-corrected chi connectivity index (χ1v) is 8.07. The van der Waals surface area contributed by atoms with Crippen molar-refractivity contribution in [2.75, 3.05) is 0 Å². The Balaban J connectivity index is 1.90. The zero-order valence-electron chi connectivity index (χ0n) is 13.2. The maximum absolute atomic E-state index is 12.8. The molecule has 0 radical (unpaired) electrons. The van der Waals surface area contributed by atoms with Gasteiger partial charge in [0.15, 0.2) is 0 Å². The van der Waals surface area contributed by atoms with Gasteiger partial charge in [0.05, 0.1) is 0 Å². The van der Waals surface area contributed by atoms with E-state index >= 15 is 0 Å². The lowest BCUT2D eigenvalue weighted by atomic mass is 9.81. The largest absolute Gasteiger partial charge is 0.298 e. The first-order valence-electron chi connectivity index (χ1n) is 8.07. The SMILES string of the molecule is C/C=C(\C)c1ccc(C2C(=O)C3C=CCCC3C2C)cc1. The highest BCUT2D eigenvalue weighted by Crippen LogP contribution is 2.48. The molecule has 0 aromatic heterocycles. The van der Waals surface area contributed by atoms with Gasteiger partial charge >= 0.3 is 0 Å². The molecule has 0 heterocycles. The van der Waals surface area contributed by atoms with Crippen molar-refractivity contribution < 1.29 is 4.79 Å². The highest BCUT2D eigenvalue weighted by Gasteiger charge is 2.47. The minimum Gasteiger partial charge on any atom is -0.298 e. The van der Waals surface area contributed by atoms with E-state index in [1.165, 1.54) is 23.1 Å². The Morgan fingerprint density at radius 3 is 2.57 bits per heavy atom. The van der Waals surface area contributed by atoms with Crippen LogP contribution in [0, 0.1) is 17.8 Å². The fourth-order valence-corrected chi connectivity index (χ4v) is 4.05. The summed E-state index contributed by atoms with van der Waals surface area (Å²) in [6.07, 6.45) is 8.76. The fourth-order valence-electron chi connectivity index (χ4n) is 4.05. The average molecular weight is 280 g/mol. The molecule has 1 fully saturated rings. The van der Waals surface area contributed by atoms with Crippen molar-refractivity contribution in [1.29, 1.82) is 0 Å². The van der Waals surface area contributed by atoms with Gasteiger partial charge in [0.25, 0.3) is 0 Å². The lowest BCUT2D eigenvalue weighted by Crippen LogP contribution is -2.17. The van der Waals surface area contributed by atoms with Crippen molar-refractivity contribution in [1.82, 2.24) is 0 Å². The van der Waals surface area contributed by atoms with Crippen LogP contribution in [0.5, 0.6) is 0 Å². The van der Waals surface area contributed by atoms with Crippen LogP contribution in [0.15, 0.2) is 42.5 Å². The minimum atomic E-state index is 0.0858. The lowest BCUT2D eigenvalue weighted by Gasteiger charge is -2.23. The van der Waals surface area contributed by atoms with Gasteiger partial charge in [-0.2, -0.15) is 0 Å². The number of Topliss-reactive ketones (excluding diaryl/α,β-unsaturated/α-hetero) is 1. The van der Waals surface area contributed by atoms with Crippen LogP contribution < -0.4 is 0 Å². The zero-order valence-corrected chi connectivity index (χ0v) is 13.2. The second-order valence-corrected chi connectivity index (χ2v) is 6.53. The molecule has 4 unspecified atom stereocenters. The number of rotatable bonds is 2. The maximum atomic E-state index is 12.8. The number of ketones is 1. The van der Waals surface area contributed by atoms with Gasteiger partial charge < -0.3 is 0 Å². The third-order valence-electron chi connectivity index (χ3n) is 5.47. The summed E-state index contributed by atoms with van der Waals surface area (Å²) in [4.78, 5) is 12.8. The quantitative estimate of drug-likeness (QED) is 0.697. The molecule has 3 rings (SSSR count). The number of carbonyl (C=O) groups is 1. The molecule has 0 aliphatic heterocycles. The molecule has 2 aliphatic carbocycles. The molecule has 1 aromatic rings. The standard InChI is InChI=1S/C20H24O/c1-4-13(2)15-9-11-16(12-10-15)19-14(3)17-7-5-6-8-18(17)20(19)21/h4,6,8-12,14,17-19H,5,7H2,1-3H3/b13-4+. The molecule has 0 amide bonds. The Morgan fingerprint density at radius 1 is 1.24 bits per heavy atom. The third kappa shape index (κ3) is 2.39. The van der Waals surface area contributed by atoms with Gasteiger partial charge in [-0.1, -0.05) is 49.4 Å². The van der Waals surface area contributed by atoms with Crippen molar-refractivity contribution in [2.24, 2.45) is 17.8 Å². The van der Waals surface area contributed by atoms with E-state index in [1.807, 2.05) is 0 Å². The van der Waals surface area contributed by atoms with Gasteiger partial charge in [-0.3, -0.25) is 4.79 Å². The smallest absolute Gasteiger partial charge is 0.147 e. The summed E-state index contributed by atoms with van der Waals surface area (Å²) in [5.41, 5.74) is 3.73. The Bertz CT molecular complexity index is 591. The number of allylic oxidation sites excluding steroid dienone is 4. The summed E-state index contributed by atoms with van der Waals surface area (Å²) in [5, 5.41) is 0. The van der Waals surface area contributed by atoms with Crippen LogP contribution in [0.25, 0.3) is 5.57 Å². The van der Waals surface area contributed by atoms with Gasteiger partial charge in [0, 0.05) is 11.8 Å². The molecule has 0 N–H and O–H groups in total. The average Bonchev–Trinajstić information content (AvgIpc) is 2.79. The molecule has 21 heavy (non-hydrogen) atoms. The third-order valence-corrected chi connectivity index (χ3v) is 5.47. The van der Waals surface area contributed by atoms with Crippen LogP contribution >= 0.6 is 0 Å². The highest BCUT2D eigenvalue weighted by molar-refractivity contribution is 5.92. The summed E-state index contributed by atoms with van der Waals surface area (Å²) in [6, 6.07) is 8.62. The van der Waals surface area contributed by atoms with Crippen molar-refractivity contribution in [3.63, 3.8) is 0 Å². The monoisotopic (exact) mass is 280 g/mol. The molecule has 0 bridgehead atoms. The Hall–Kier alpha value is -1.63. The summed E-state index contributed by atoms with van der Waals surface area (Å²) >= 11 is 0. The first-order chi connectivity index (χ1) is 10.1. The second-order valence-electron chi connectivity index (χ2n) is 6.53. The predicted molar refractivity (Wildman–Crippen MR) is 88.0 cm³/mol. The number of hydrogen-bond acceptors (Lipinski definition) is 1. The van der Waals surface area contributed by atoms with Crippen LogP contribution in [-0.4, -0.2) is 5.78 Å². The molecule has 1 nitrogen and oxygen atoms in total. The number of hydrogen-bond donors (Lipinski definition) is 0. The van der Waals surface area contributed by atoms with Crippen molar-refractivity contribution in [3.05, 3.63) is 53.6 Å². The topological polar surface area (TPSA) is 17.1 Å². The normalized spacial score (nSPS) is 32.3. The molecule has 1 heteroatoms. The highest BCUT2D eigenvalue weighted by atomic mass is 16.1. The summed E-state index contributed by atoms with van der Waals surface area (Å²) in [7, 11) is 0. The van der Waals surface area contributed by atoms with Gasteiger partial charge in [-0.15, -0.1) is 0 Å².